The molecule has 7 atom stereocenters. The van der Waals surface area contributed by atoms with Crippen molar-refractivity contribution < 1.29 is 24.6 Å². The second kappa shape index (κ2) is 9.82. The van der Waals surface area contributed by atoms with Crippen LogP contribution in [0.3, 0.4) is 0 Å². The highest BCUT2D eigenvalue weighted by Crippen LogP contribution is 2.57. The first-order chi connectivity index (χ1) is 13.9. The van der Waals surface area contributed by atoms with Crippen LogP contribution in [0.5, 0.6) is 0 Å². The molecule has 5 heteroatoms. The molecule has 0 aromatic rings. The minimum absolute atomic E-state index is 0.125. The van der Waals surface area contributed by atoms with Gasteiger partial charge in [-0.25, -0.2) is 0 Å². The molecule has 2 saturated carbocycles. The highest BCUT2D eigenvalue weighted by molar-refractivity contribution is 6.09. The van der Waals surface area contributed by atoms with E-state index in [1.165, 1.54) is 0 Å². The molecule has 0 amide bonds. The van der Waals surface area contributed by atoms with Gasteiger partial charge in [0.15, 0.2) is 5.78 Å². The van der Waals surface area contributed by atoms with Crippen molar-refractivity contribution in [2.45, 2.75) is 86.5 Å². The Morgan fingerprint density at radius 2 is 1.20 bits per heavy atom. The van der Waals surface area contributed by atoms with Gasteiger partial charge < -0.3 is 10.2 Å². The third-order valence-corrected chi connectivity index (χ3v) is 8.34. The fourth-order valence-corrected chi connectivity index (χ4v) is 6.86. The molecule has 0 saturated heterocycles. The van der Waals surface area contributed by atoms with Crippen LogP contribution >= 0.6 is 0 Å². The predicted molar refractivity (Wildman–Crippen MR) is 117 cm³/mol. The van der Waals surface area contributed by atoms with Crippen molar-refractivity contribution in [1.82, 2.24) is 0 Å². The van der Waals surface area contributed by atoms with Gasteiger partial charge in [0, 0.05) is 0 Å². The summed E-state index contributed by atoms with van der Waals surface area (Å²) >= 11 is 0. The summed E-state index contributed by atoms with van der Waals surface area (Å²) in [4.78, 5) is 38.5. The maximum Gasteiger partial charge on any atom is 0.317 e. The van der Waals surface area contributed by atoms with E-state index in [0.29, 0.717) is 24.7 Å². The summed E-state index contributed by atoms with van der Waals surface area (Å²) in [7, 11) is 0. The van der Waals surface area contributed by atoms with E-state index in [1.807, 2.05) is 0 Å². The van der Waals surface area contributed by atoms with E-state index in [-0.39, 0.29) is 35.5 Å². The number of aliphatic carboxylic acids is 2. The Morgan fingerprint density at radius 3 is 1.50 bits per heavy atom. The smallest absolute Gasteiger partial charge is 0.317 e. The van der Waals surface area contributed by atoms with Gasteiger partial charge in [0.1, 0.15) is 11.8 Å². The number of carbonyl (C=O) groups is 3. The van der Waals surface area contributed by atoms with Crippen LogP contribution in [0.2, 0.25) is 0 Å². The maximum atomic E-state index is 13.7. The maximum absolute atomic E-state index is 13.7. The molecule has 2 aliphatic rings. The van der Waals surface area contributed by atoms with Gasteiger partial charge in [-0.15, -0.1) is 0 Å². The first-order valence-electron chi connectivity index (χ1n) is 11.9. The van der Waals surface area contributed by atoms with Gasteiger partial charge in [0.25, 0.3) is 0 Å². The molecule has 0 bridgehead atoms. The van der Waals surface area contributed by atoms with Gasteiger partial charge >= 0.3 is 11.9 Å². The molecule has 2 aliphatic carbocycles. The Kier molecular flexibility index (Phi) is 8.15. The number of carboxylic acid groups (broad SMARTS) is 2. The minimum Gasteiger partial charge on any atom is -0.481 e. The average molecular weight is 423 g/mol. The number of carbonyl (C=O) groups excluding carboxylic acids is 1. The lowest BCUT2D eigenvalue weighted by molar-refractivity contribution is -0.176. The van der Waals surface area contributed by atoms with E-state index in [9.17, 15) is 24.6 Å². The number of Topliss-reactive ketones (excluding diaryl/α,β-unsaturated/α-hetero) is 1. The average Bonchev–Trinajstić information content (AvgIpc) is 2.61. The molecule has 0 aromatic carbocycles. The molecule has 2 unspecified atom stereocenters. The minimum atomic E-state index is -1.61. The molecule has 0 aliphatic heterocycles. The standard InChI is InChI=1S/C25H42O5/c1-14(2)18-9-7-16(5)11-20(18)25(24(29)30,22(26)13-23(27)28)21-12-17(6)8-10-19(21)15(3)4/h14-21H,7-13H2,1-6H3,(H,27,28)(H,29,30)/t16-,17?,18+,19?,20-,21-,25-/m1/s1. The Labute approximate surface area is 182 Å². The molecule has 0 spiro atoms. The van der Waals surface area contributed by atoms with Crippen LogP contribution in [-0.4, -0.2) is 27.9 Å². The normalized spacial score (nSPS) is 34.5. The Balaban J connectivity index is 2.72. The van der Waals surface area contributed by atoms with Gasteiger partial charge in [0.05, 0.1) is 0 Å². The van der Waals surface area contributed by atoms with Gasteiger partial charge in [-0.2, -0.15) is 0 Å². The first kappa shape index (κ1) is 24.9. The number of carboxylic acids is 2. The Bertz CT molecular complexity index is 605. The monoisotopic (exact) mass is 422 g/mol. The number of rotatable bonds is 8. The van der Waals surface area contributed by atoms with E-state index in [2.05, 4.69) is 41.5 Å². The SMILES string of the molecule is CC1CCC(C(C)C)[C@H]([C@@](C(=O)O)(C(=O)CC(=O)O)[C@@H]2C[C@H](C)CC[C@H]2C(C)C)C1. The lowest BCUT2D eigenvalue weighted by Gasteiger charge is -2.53. The van der Waals surface area contributed by atoms with Crippen LogP contribution in [0.1, 0.15) is 86.5 Å². The molecule has 0 radical (unpaired) electrons. The highest BCUT2D eigenvalue weighted by Gasteiger charge is 2.62. The van der Waals surface area contributed by atoms with E-state index < -0.39 is 29.6 Å². The Hall–Kier alpha value is -1.39. The zero-order valence-electron chi connectivity index (χ0n) is 19.7. The summed E-state index contributed by atoms with van der Waals surface area (Å²) in [5, 5.41) is 20.2. The van der Waals surface area contributed by atoms with Crippen LogP contribution < -0.4 is 0 Å². The topological polar surface area (TPSA) is 91.7 Å². The molecule has 172 valence electrons. The van der Waals surface area contributed by atoms with Crippen LogP contribution in [0.15, 0.2) is 0 Å². The summed E-state index contributed by atoms with van der Waals surface area (Å²) in [5.74, 6) is -2.01. The zero-order valence-corrected chi connectivity index (χ0v) is 19.7. The fraction of sp³-hybridized carbons (Fsp3) is 0.880. The van der Waals surface area contributed by atoms with Crippen molar-refractivity contribution in [3.8, 4) is 0 Å². The van der Waals surface area contributed by atoms with Crippen molar-refractivity contribution in [2.75, 3.05) is 0 Å². The van der Waals surface area contributed by atoms with Crippen molar-refractivity contribution in [1.29, 1.82) is 0 Å². The molecule has 5 nitrogen and oxygen atoms in total. The molecular formula is C25H42O5. The quantitative estimate of drug-likeness (QED) is 0.503. The molecule has 2 fully saturated rings. The molecule has 2 rings (SSSR count). The summed E-state index contributed by atoms with van der Waals surface area (Å²) in [5.41, 5.74) is -1.61. The van der Waals surface area contributed by atoms with Gasteiger partial charge in [-0.3, -0.25) is 14.4 Å². The predicted octanol–water partition coefficient (Wildman–Crippen LogP) is 5.52. The Morgan fingerprint density at radius 1 is 0.800 bits per heavy atom. The van der Waals surface area contributed by atoms with Gasteiger partial charge in [-0.05, 0) is 73.0 Å². The largest absolute Gasteiger partial charge is 0.481 e. The third kappa shape index (κ3) is 4.75. The zero-order chi connectivity index (χ0) is 22.8. The lowest BCUT2D eigenvalue weighted by atomic mass is 9.48. The summed E-state index contributed by atoms with van der Waals surface area (Å²) < 4.78 is 0. The highest BCUT2D eigenvalue weighted by atomic mass is 16.4. The molecule has 2 N–H and O–H groups in total. The van der Waals surface area contributed by atoms with E-state index in [1.54, 1.807) is 0 Å². The fourth-order valence-electron chi connectivity index (χ4n) is 6.86. The summed E-state index contributed by atoms with van der Waals surface area (Å²) in [6, 6.07) is 0. The summed E-state index contributed by atoms with van der Waals surface area (Å²) in [6.07, 6.45) is 4.58. The van der Waals surface area contributed by atoms with Crippen LogP contribution in [0.25, 0.3) is 0 Å². The molecule has 0 aromatic heterocycles. The van der Waals surface area contributed by atoms with Gasteiger partial charge in [-0.1, -0.05) is 54.4 Å². The van der Waals surface area contributed by atoms with Crippen molar-refractivity contribution in [2.24, 2.45) is 52.8 Å². The lowest BCUT2D eigenvalue weighted by Crippen LogP contribution is -2.59. The van der Waals surface area contributed by atoms with Crippen LogP contribution in [0, 0.1) is 52.8 Å². The summed E-state index contributed by atoms with van der Waals surface area (Å²) in [6.45, 7) is 12.7. The number of ketones is 1. The van der Waals surface area contributed by atoms with Gasteiger partial charge in [0.2, 0.25) is 0 Å². The second-order valence-corrected chi connectivity index (χ2v) is 11.0. The molecule has 30 heavy (non-hydrogen) atoms. The van der Waals surface area contributed by atoms with E-state index in [0.717, 1.165) is 25.7 Å². The number of hydrogen-bond acceptors (Lipinski definition) is 3. The van der Waals surface area contributed by atoms with Crippen LogP contribution in [-0.2, 0) is 14.4 Å². The molecular weight excluding hydrogens is 380 g/mol. The van der Waals surface area contributed by atoms with Crippen molar-refractivity contribution in [3.63, 3.8) is 0 Å². The first-order valence-corrected chi connectivity index (χ1v) is 11.9. The molecule has 0 heterocycles. The van der Waals surface area contributed by atoms with Crippen LogP contribution in [0.4, 0.5) is 0 Å². The van der Waals surface area contributed by atoms with Crippen molar-refractivity contribution in [3.05, 3.63) is 0 Å². The third-order valence-electron chi connectivity index (χ3n) is 8.34. The van der Waals surface area contributed by atoms with E-state index in [4.69, 9.17) is 0 Å². The second-order valence-electron chi connectivity index (χ2n) is 11.0. The van der Waals surface area contributed by atoms with Crippen molar-refractivity contribution >= 4 is 17.7 Å². The van der Waals surface area contributed by atoms with E-state index >= 15 is 0 Å². The number of hydrogen-bond donors (Lipinski definition) is 2.